The van der Waals surface area contributed by atoms with Crippen molar-refractivity contribution in [3.63, 3.8) is 0 Å². The van der Waals surface area contributed by atoms with Crippen LogP contribution >= 0.6 is 11.6 Å². The van der Waals surface area contributed by atoms with Gasteiger partial charge in [-0.2, -0.15) is 0 Å². The smallest absolute Gasteiger partial charge is 0.123 e. The maximum Gasteiger partial charge on any atom is 0.123 e. The predicted molar refractivity (Wildman–Crippen MR) is 95.9 cm³/mol. The van der Waals surface area contributed by atoms with E-state index < -0.39 is 0 Å². The third-order valence-corrected chi connectivity index (χ3v) is 4.55. The Morgan fingerprint density at radius 2 is 1.68 bits per heavy atom. The Morgan fingerprint density at radius 1 is 1.05 bits per heavy atom. The van der Waals surface area contributed by atoms with Gasteiger partial charge in [-0.25, -0.2) is 0 Å². The fourth-order valence-corrected chi connectivity index (χ4v) is 2.93. The minimum atomic E-state index is -0.0913. The minimum absolute atomic E-state index is 0.0499. The summed E-state index contributed by atoms with van der Waals surface area (Å²) in [5, 5.41) is 11.6. The molecule has 0 bridgehead atoms. The zero-order chi connectivity index (χ0) is 16.7. The van der Waals surface area contributed by atoms with Crippen LogP contribution in [-0.2, 0) is 10.8 Å². The molecule has 1 unspecified atom stereocenters. The van der Waals surface area contributed by atoms with Crippen LogP contribution in [0.25, 0.3) is 0 Å². The second kappa shape index (κ2) is 5.77. The van der Waals surface area contributed by atoms with Crippen LogP contribution in [0.4, 0.5) is 0 Å². The standard InChI is InChI=1S/C20H27ClO/c1-19(2,3)14-11-16(13-7-9-15(21)10-8-13)18(22)17(12-14)20(4,5)6/h7,9-13,22H,8H2,1-6H3. The van der Waals surface area contributed by atoms with Crippen LogP contribution in [0.15, 0.2) is 35.4 Å². The molecule has 2 heteroatoms. The van der Waals surface area contributed by atoms with Gasteiger partial charge in [-0.1, -0.05) is 77.4 Å². The van der Waals surface area contributed by atoms with E-state index in [9.17, 15) is 5.11 Å². The molecule has 1 aromatic carbocycles. The molecule has 120 valence electrons. The maximum absolute atomic E-state index is 10.8. The lowest BCUT2D eigenvalue weighted by Crippen LogP contribution is -2.18. The fourth-order valence-electron chi connectivity index (χ4n) is 2.77. The molecule has 0 spiro atoms. The third kappa shape index (κ3) is 3.57. The Hall–Kier alpha value is -1.21. The van der Waals surface area contributed by atoms with Gasteiger partial charge in [0.2, 0.25) is 0 Å². The highest BCUT2D eigenvalue weighted by Gasteiger charge is 2.27. The van der Waals surface area contributed by atoms with Crippen LogP contribution < -0.4 is 0 Å². The van der Waals surface area contributed by atoms with Crippen LogP contribution in [-0.4, -0.2) is 5.11 Å². The van der Waals surface area contributed by atoms with Gasteiger partial charge < -0.3 is 5.11 Å². The van der Waals surface area contributed by atoms with E-state index in [2.05, 4.69) is 59.8 Å². The number of hydrogen-bond acceptors (Lipinski definition) is 1. The number of allylic oxidation sites excluding steroid dienone is 4. The summed E-state index contributed by atoms with van der Waals surface area (Å²) in [6.07, 6.45) is 6.87. The summed E-state index contributed by atoms with van der Waals surface area (Å²) in [6.45, 7) is 13.1. The first kappa shape index (κ1) is 17.1. The summed E-state index contributed by atoms with van der Waals surface area (Å²) < 4.78 is 0. The highest BCUT2D eigenvalue weighted by atomic mass is 35.5. The van der Waals surface area contributed by atoms with Crippen LogP contribution in [0.1, 0.15) is 70.6 Å². The molecule has 1 atom stereocenters. The van der Waals surface area contributed by atoms with Crippen molar-refractivity contribution in [2.75, 3.05) is 0 Å². The molecule has 1 nitrogen and oxygen atoms in total. The average molecular weight is 319 g/mol. The highest BCUT2D eigenvalue weighted by molar-refractivity contribution is 6.31. The van der Waals surface area contributed by atoms with Crippen molar-refractivity contribution in [3.8, 4) is 5.75 Å². The molecule has 0 saturated carbocycles. The number of aromatic hydroxyl groups is 1. The zero-order valence-corrected chi connectivity index (χ0v) is 15.3. The summed E-state index contributed by atoms with van der Waals surface area (Å²) in [5.74, 6) is 0.618. The van der Waals surface area contributed by atoms with E-state index in [4.69, 9.17) is 11.6 Å². The minimum Gasteiger partial charge on any atom is -0.507 e. The second-order valence-corrected chi connectivity index (χ2v) is 8.69. The number of phenols is 1. The first-order chi connectivity index (χ1) is 10.00. The molecule has 1 aliphatic carbocycles. The molecule has 0 aromatic heterocycles. The van der Waals surface area contributed by atoms with Gasteiger partial charge in [0.1, 0.15) is 5.75 Å². The van der Waals surface area contributed by atoms with Crippen molar-refractivity contribution in [2.45, 2.75) is 64.7 Å². The van der Waals surface area contributed by atoms with E-state index in [1.54, 1.807) is 0 Å². The summed E-state index contributed by atoms with van der Waals surface area (Å²) in [4.78, 5) is 0. The number of phenolic OH excluding ortho intramolecular Hbond substituents is 1. The topological polar surface area (TPSA) is 20.2 Å². The first-order valence-electron chi connectivity index (χ1n) is 7.92. The van der Waals surface area contributed by atoms with Crippen molar-refractivity contribution in [3.05, 3.63) is 52.1 Å². The van der Waals surface area contributed by atoms with Crippen LogP contribution in [0.3, 0.4) is 0 Å². The second-order valence-electron chi connectivity index (χ2n) is 8.25. The van der Waals surface area contributed by atoms with Gasteiger partial charge >= 0.3 is 0 Å². The van der Waals surface area contributed by atoms with Crippen molar-refractivity contribution >= 4 is 11.6 Å². The zero-order valence-electron chi connectivity index (χ0n) is 14.5. The molecule has 22 heavy (non-hydrogen) atoms. The van der Waals surface area contributed by atoms with E-state index in [1.807, 2.05) is 12.2 Å². The first-order valence-corrected chi connectivity index (χ1v) is 8.29. The molecule has 1 aromatic rings. The van der Waals surface area contributed by atoms with Gasteiger partial charge in [-0.15, -0.1) is 0 Å². The fraction of sp³-hybridized carbons (Fsp3) is 0.500. The predicted octanol–water partition coefficient (Wildman–Crippen LogP) is 6.15. The largest absolute Gasteiger partial charge is 0.507 e. The molecular formula is C20H27ClO. The Kier molecular flexibility index (Phi) is 4.50. The summed E-state index contributed by atoms with van der Waals surface area (Å²) >= 11 is 6.03. The van der Waals surface area contributed by atoms with Crippen molar-refractivity contribution in [2.24, 2.45) is 0 Å². The molecular weight excluding hydrogens is 292 g/mol. The van der Waals surface area contributed by atoms with Crippen LogP contribution in [0.2, 0.25) is 0 Å². The number of benzene rings is 1. The van der Waals surface area contributed by atoms with Crippen LogP contribution in [0.5, 0.6) is 5.75 Å². The van der Waals surface area contributed by atoms with Gasteiger partial charge in [-0.3, -0.25) is 0 Å². The summed E-state index contributed by atoms with van der Waals surface area (Å²) in [6, 6.07) is 4.32. The third-order valence-electron chi connectivity index (χ3n) is 4.27. The van der Waals surface area contributed by atoms with Gasteiger partial charge in [0, 0.05) is 16.5 Å². The highest BCUT2D eigenvalue weighted by Crippen LogP contribution is 2.42. The van der Waals surface area contributed by atoms with E-state index in [0.29, 0.717) is 5.75 Å². The van der Waals surface area contributed by atoms with Crippen molar-refractivity contribution in [1.82, 2.24) is 0 Å². The summed E-state index contributed by atoms with van der Waals surface area (Å²) in [7, 11) is 0. The van der Waals surface area contributed by atoms with E-state index in [1.165, 1.54) is 5.56 Å². The SMILES string of the molecule is CC(C)(C)c1cc(C2C=CC(Cl)=CC2)c(O)c(C(C)(C)C)c1. The molecule has 0 heterocycles. The molecule has 1 N–H and O–H groups in total. The summed E-state index contributed by atoms with van der Waals surface area (Å²) in [5.41, 5.74) is 3.25. The molecule has 1 aliphatic rings. The lowest BCUT2D eigenvalue weighted by atomic mass is 9.76. The lowest BCUT2D eigenvalue weighted by Gasteiger charge is -2.29. The Morgan fingerprint density at radius 3 is 2.14 bits per heavy atom. The van der Waals surface area contributed by atoms with Gasteiger partial charge in [0.25, 0.3) is 0 Å². The van der Waals surface area contributed by atoms with E-state index >= 15 is 0 Å². The van der Waals surface area contributed by atoms with Crippen molar-refractivity contribution < 1.29 is 5.11 Å². The Labute approximate surface area is 139 Å². The quantitative estimate of drug-likeness (QED) is 0.658. The molecule has 0 radical (unpaired) electrons. The van der Waals surface area contributed by atoms with Gasteiger partial charge in [0.15, 0.2) is 0 Å². The number of hydrogen-bond donors (Lipinski definition) is 1. The number of rotatable bonds is 1. The number of halogens is 1. The maximum atomic E-state index is 10.8. The van der Waals surface area contributed by atoms with Crippen LogP contribution in [0, 0.1) is 0 Å². The Bertz CT molecular complexity index is 624. The monoisotopic (exact) mass is 318 g/mol. The molecule has 0 saturated heterocycles. The van der Waals surface area contributed by atoms with E-state index in [-0.39, 0.29) is 16.7 Å². The molecule has 0 aliphatic heterocycles. The molecule has 0 fully saturated rings. The molecule has 2 rings (SSSR count). The van der Waals surface area contributed by atoms with Gasteiger partial charge in [0.05, 0.1) is 0 Å². The van der Waals surface area contributed by atoms with E-state index in [0.717, 1.165) is 22.6 Å². The lowest BCUT2D eigenvalue weighted by molar-refractivity contribution is 0.435. The van der Waals surface area contributed by atoms with Gasteiger partial charge in [-0.05, 0) is 34.5 Å². The molecule has 0 amide bonds. The van der Waals surface area contributed by atoms with Crippen molar-refractivity contribution in [1.29, 1.82) is 0 Å². The average Bonchev–Trinajstić information content (AvgIpc) is 2.37. The normalized spacial score (nSPS) is 19.2. The Balaban J connectivity index is 2.60.